The van der Waals surface area contributed by atoms with Crippen molar-refractivity contribution in [2.45, 2.75) is 37.6 Å². The number of nitrogens with zero attached hydrogens (tertiary/aromatic N) is 5. The quantitative estimate of drug-likeness (QED) is 0.736. The molecule has 1 aromatic heterocycles. The molecule has 0 unspecified atom stereocenters. The average Bonchev–Trinajstić information content (AvgIpc) is 3.43. The average molecular weight is 393 g/mol. The number of hydrogen-bond acceptors (Lipinski definition) is 6. The molecule has 1 aliphatic heterocycles. The van der Waals surface area contributed by atoms with Crippen LogP contribution in [0, 0.1) is 11.3 Å². The number of nitrogens with one attached hydrogen (secondary N) is 2. The molecule has 10 heteroatoms. The molecule has 2 heterocycles. The van der Waals surface area contributed by atoms with Crippen LogP contribution in [0.1, 0.15) is 37.9 Å². The van der Waals surface area contributed by atoms with Gasteiger partial charge in [-0.25, -0.2) is 14.5 Å². The zero-order chi connectivity index (χ0) is 20.4. The third-order valence-electron chi connectivity index (χ3n) is 5.28. The van der Waals surface area contributed by atoms with E-state index < -0.39 is 11.6 Å². The van der Waals surface area contributed by atoms with Crippen molar-refractivity contribution < 1.29 is 14.4 Å². The van der Waals surface area contributed by atoms with Crippen LogP contribution in [0.2, 0.25) is 0 Å². The molecule has 148 valence electrons. The van der Waals surface area contributed by atoms with Gasteiger partial charge in [0.1, 0.15) is 17.9 Å². The van der Waals surface area contributed by atoms with Crippen LogP contribution in [-0.2, 0) is 9.59 Å². The highest BCUT2D eigenvalue weighted by Crippen LogP contribution is 2.35. The molecule has 10 nitrogen and oxygen atoms in total. The number of benzene rings is 1. The summed E-state index contributed by atoms with van der Waals surface area (Å²) in [4.78, 5) is 42.3. The summed E-state index contributed by atoms with van der Waals surface area (Å²) in [6, 6.07) is 8.37. The number of rotatable bonds is 5. The first kappa shape index (κ1) is 18.6. The van der Waals surface area contributed by atoms with E-state index in [1.165, 1.54) is 11.0 Å². The van der Waals surface area contributed by atoms with Gasteiger partial charge in [0.05, 0.1) is 11.4 Å². The van der Waals surface area contributed by atoms with Gasteiger partial charge in [0.15, 0.2) is 0 Å². The highest BCUT2D eigenvalue weighted by molar-refractivity contribution is 6.07. The van der Waals surface area contributed by atoms with Crippen molar-refractivity contribution in [2.24, 2.45) is 0 Å². The summed E-state index contributed by atoms with van der Waals surface area (Å²) < 4.78 is 1.40. The standard InChI is InChI=1S/C19H19N7O3/c20-11-15-21-12-26(24-15)14-6-2-1-5-13(14)22-16(27)7-10-25-17(28)19(23-18(25)29)8-3-4-9-19/h1-2,5-6,12H,3-4,7-10H2,(H,22,27)(H,23,29). The number of carbonyl (C=O) groups is 3. The fourth-order valence-electron chi connectivity index (χ4n) is 3.83. The lowest BCUT2D eigenvalue weighted by Crippen LogP contribution is -2.44. The molecule has 29 heavy (non-hydrogen) atoms. The predicted octanol–water partition coefficient (Wildman–Crippen LogP) is 1.33. The van der Waals surface area contributed by atoms with E-state index in [0.29, 0.717) is 24.2 Å². The van der Waals surface area contributed by atoms with Gasteiger partial charge in [0.2, 0.25) is 5.91 Å². The van der Waals surface area contributed by atoms with E-state index in [1.807, 2.05) is 6.07 Å². The molecular weight excluding hydrogens is 374 g/mol. The molecule has 2 aromatic rings. The third kappa shape index (κ3) is 3.42. The fourth-order valence-corrected chi connectivity index (χ4v) is 3.83. The lowest BCUT2D eigenvalue weighted by atomic mass is 9.98. The Hall–Kier alpha value is -3.74. The number of imide groups is 1. The van der Waals surface area contributed by atoms with Gasteiger partial charge in [0.25, 0.3) is 11.7 Å². The third-order valence-corrected chi connectivity index (χ3v) is 5.28. The lowest BCUT2D eigenvalue weighted by Gasteiger charge is -2.20. The SMILES string of the molecule is N#Cc1ncn(-c2ccccc2NC(=O)CCN2C(=O)NC3(CCCC3)C2=O)n1. The molecule has 1 saturated heterocycles. The summed E-state index contributed by atoms with van der Waals surface area (Å²) in [7, 11) is 0. The molecule has 4 rings (SSSR count). The maximum Gasteiger partial charge on any atom is 0.325 e. The van der Waals surface area contributed by atoms with E-state index in [9.17, 15) is 14.4 Å². The Labute approximate surface area is 166 Å². The Balaban J connectivity index is 1.41. The van der Waals surface area contributed by atoms with Crippen LogP contribution in [0.4, 0.5) is 10.5 Å². The van der Waals surface area contributed by atoms with Crippen molar-refractivity contribution >= 4 is 23.5 Å². The van der Waals surface area contributed by atoms with Crippen LogP contribution < -0.4 is 10.6 Å². The Bertz CT molecular complexity index is 1020. The number of aromatic nitrogens is 3. The van der Waals surface area contributed by atoms with Gasteiger partial charge in [-0.15, -0.1) is 5.10 Å². The summed E-state index contributed by atoms with van der Waals surface area (Å²) in [6.45, 7) is 0.0162. The van der Waals surface area contributed by atoms with E-state index in [-0.39, 0.29) is 30.6 Å². The largest absolute Gasteiger partial charge is 0.325 e. The van der Waals surface area contributed by atoms with Crippen molar-refractivity contribution in [2.75, 3.05) is 11.9 Å². The molecular formula is C19H19N7O3. The van der Waals surface area contributed by atoms with Gasteiger partial charge < -0.3 is 10.6 Å². The zero-order valence-electron chi connectivity index (χ0n) is 15.6. The summed E-state index contributed by atoms with van der Waals surface area (Å²) in [5.41, 5.74) is 0.261. The second-order valence-electron chi connectivity index (χ2n) is 7.12. The highest BCUT2D eigenvalue weighted by Gasteiger charge is 2.52. The second-order valence-corrected chi connectivity index (χ2v) is 7.12. The van der Waals surface area contributed by atoms with Crippen LogP contribution in [0.5, 0.6) is 0 Å². The number of carbonyl (C=O) groups excluding carboxylic acids is 3. The summed E-state index contributed by atoms with van der Waals surface area (Å²) >= 11 is 0. The van der Waals surface area contributed by atoms with E-state index >= 15 is 0 Å². The maximum absolute atomic E-state index is 12.6. The smallest absolute Gasteiger partial charge is 0.324 e. The van der Waals surface area contributed by atoms with E-state index in [1.54, 1.807) is 24.3 Å². The van der Waals surface area contributed by atoms with E-state index in [0.717, 1.165) is 17.7 Å². The van der Waals surface area contributed by atoms with Gasteiger partial charge in [-0.1, -0.05) is 25.0 Å². The molecule has 1 saturated carbocycles. The molecule has 0 radical (unpaired) electrons. The number of nitriles is 1. The van der Waals surface area contributed by atoms with Crippen molar-refractivity contribution in [3.05, 3.63) is 36.4 Å². The van der Waals surface area contributed by atoms with E-state index in [2.05, 4.69) is 20.7 Å². The molecule has 1 aliphatic carbocycles. The van der Waals surface area contributed by atoms with Crippen molar-refractivity contribution in [3.8, 4) is 11.8 Å². The molecule has 2 fully saturated rings. The number of urea groups is 1. The Morgan fingerprint density at radius 3 is 2.76 bits per heavy atom. The Kier molecular flexibility index (Phi) is 4.72. The number of hydrogen-bond donors (Lipinski definition) is 2. The normalized spacial score (nSPS) is 17.4. The van der Waals surface area contributed by atoms with Crippen LogP contribution in [0.25, 0.3) is 5.69 Å². The van der Waals surface area contributed by atoms with Gasteiger partial charge in [0, 0.05) is 13.0 Å². The van der Waals surface area contributed by atoms with Crippen LogP contribution in [0.3, 0.4) is 0 Å². The van der Waals surface area contributed by atoms with E-state index in [4.69, 9.17) is 5.26 Å². The lowest BCUT2D eigenvalue weighted by molar-refractivity contribution is -0.131. The molecule has 2 aliphatic rings. The maximum atomic E-state index is 12.6. The Morgan fingerprint density at radius 2 is 2.03 bits per heavy atom. The summed E-state index contributed by atoms with van der Waals surface area (Å²) in [5.74, 6) is -0.559. The first-order valence-corrected chi connectivity index (χ1v) is 9.37. The highest BCUT2D eigenvalue weighted by atomic mass is 16.2. The number of anilines is 1. The number of para-hydroxylation sites is 2. The van der Waals surface area contributed by atoms with Gasteiger partial charge >= 0.3 is 6.03 Å². The van der Waals surface area contributed by atoms with Crippen molar-refractivity contribution in [3.63, 3.8) is 0 Å². The molecule has 2 N–H and O–H groups in total. The van der Waals surface area contributed by atoms with Gasteiger partial charge in [-0.05, 0) is 25.0 Å². The zero-order valence-corrected chi connectivity index (χ0v) is 15.6. The molecule has 1 spiro atoms. The van der Waals surface area contributed by atoms with Crippen LogP contribution in [-0.4, -0.2) is 49.6 Å². The molecule has 1 aromatic carbocycles. The molecule has 0 atom stereocenters. The predicted molar refractivity (Wildman–Crippen MR) is 101 cm³/mol. The topological polar surface area (TPSA) is 133 Å². The van der Waals surface area contributed by atoms with Gasteiger partial charge in [-0.2, -0.15) is 5.26 Å². The van der Waals surface area contributed by atoms with Crippen LogP contribution >= 0.6 is 0 Å². The Morgan fingerprint density at radius 1 is 1.28 bits per heavy atom. The van der Waals surface area contributed by atoms with Crippen molar-refractivity contribution in [1.29, 1.82) is 5.26 Å². The molecule has 0 bridgehead atoms. The monoisotopic (exact) mass is 393 g/mol. The first-order valence-electron chi connectivity index (χ1n) is 9.37. The second kappa shape index (κ2) is 7.35. The van der Waals surface area contributed by atoms with Crippen LogP contribution in [0.15, 0.2) is 30.6 Å². The fraction of sp³-hybridized carbons (Fsp3) is 0.368. The minimum Gasteiger partial charge on any atom is -0.324 e. The minimum atomic E-state index is -0.772. The summed E-state index contributed by atoms with van der Waals surface area (Å²) in [6.07, 6.45) is 4.48. The summed E-state index contributed by atoms with van der Waals surface area (Å²) in [5, 5.41) is 18.5. The number of amides is 4. The first-order chi connectivity index (χ1) is 14.0. The minimum absolute atomic E-state index is 0.0162. The van der Waals surface area contributed by atoms with Crippen molar-refractivity contribution in [1.82, 2.24) is 25.0 Å². The molecule has 4 amide bonds. The van der Waals surface area contributed by atoms with Gasteiger partial charge in [-0.3, -0.25) is 14.5 Å².